The third-order valence-electron chi connectivity index (χ3n) is 10.3. The molecule has 4 heteroatoms. The van der Waals surface area contributed by atoms with Crippen LogP contribution in [-0.4, -0.2) is 34.9 Å². The maximum absolute atomic E-state index is 12.4. The van der Waals surface area contributed by atoms with E-state index in [2.05, 4.69) is 31.3 Å². The average Bonchev–Trinajstić information content (AvgIpc) is 3.09. The van der Waals surface area contributed by atoms with Crippen molar-refractivity contribution >= 4 is 5.91 Å². The topological polar surface area (TPSA) is 69.6 Å². The number of aliphatic hydroxyl groups is 2. The minimum Gasteiger partial charge on any atom is -0.394 e. The van der Waals surface area contributed by atoms with E-state index in [0.29, 0.717) is 12.8 Å². The molecule has 0 aliphatic rings. The number of rotatable bonds is 40. The molecule has 0 saturated carbocycles. The number of carbonyl (C=O) groups excluding carboxylic acids is 1. The van der Waals surface area contributed by atoms with Crippen LogP contribution in [0.25, 0.3) is 0 Å². The van der Waals surface area contributed by atoms with E-state index in [4.69, 9.17) is 0 Å². The summed E-state index contributed by atoms with van der Waals surface area (Å²) in [5.41, 5.74) is 0. The third kappa shape index (κ3) is 36.4. The Morgan fingerprint density at radius 3 is 1.15 bits per heavy atom. The Hall–Kier alpha value is -0.870. The van der Waals surface area contributed by atoms with Gasteiger partial charge in [0.15, 0.2) is 0 Å². The normalized spacial score (nSPS) is 13.0. The molecule has 0 aromatic carbocycles. The fraction of sp³-hybridized carbons (Fsp3) is 0.932. The van der Waals surface area contributed by atoms with E-state index in [1.54, 1.807) is 0 Å². The average molecular weight is 678 g/mol. The molecule has 0 spiro atoms. The van der Waals surface area contributed by atoms with Crippen LogP contribution in [0.2, 0.25) is 0 Å². The Kier molecular flexibility index (Phi) is 39.8. The van der Waals surface area contributed by atoms with Gasteiger partial charge in [0.05, 0.1) is 18.8 Å². The maximum Gasteiger partial charge on any atom is 0.220 e. The zero-order valence-electron chi connectivity index (χ0n) is 32.8. The molecule has 3 N–H and O–H groups in total. The van der Waals surface area contributed by atoms with Gasteiger partial charge in [0.1, 0.15) is 0 Å². The van der Waals surface area contributed by atoms with Crippen LogP contribution in [0.1, 0.15) is 245 Å². The number of unbranched alkanes of at least 4 members (excludes halogenated alkanes) is 31. The highest BCUT2D eigenvalue weighted by Gasteiger charge is 2.20. The first-order chi connectivity index (χ1) is 23.7. The first-order valence-electron chi connectivity index (χ1n) is 21.9. The Labute approximate surface area is 301 Å². The van der Waals surface area contributed by atoms with Gasteiger partial charge < -0.3 is 15.5 Å². The van der Waals surface area contributed by atoms with E-state index < -0.39 is 12.1 Å². The zero-order valence-corrected chi connectivity index (χ0v) is 32.8. The number of hydrogen-bond acceptors (Lipinski definition) is 3. The molecule has 286 valence electrons. The lowest BCUT2D eigenvalue weighted by Gasteiger charge is -2.22. The summed E-state index contributed by atoms with van der Waals surface area (Å²) < 4.78 is 0. The molecular formula is C44H87NO3. The molecular weight excluding hydrogens is 590 g/mol. The second-order valence-electron chi connectivity index (χ2n) is 15.1. The molecule has 0 aromatic heterocycles. The van der Waals surface area contributed by atoms with Gasteiger partial charge in [-0.2, -0.15) is 0 Å². The number of allylic oxidation sites excluding steroid dienone is 2. The lowest BCUT2D eigenvalue weighted by atomic mass is 10.0. The van der Waals surface area contributed by atoms with Crippen LogP contribution >= 0.6 is 0 Å². The Morgan fingerprint density at radius 2 is 0.792 bits per heavy atom. The van der Waals surface area contributed by atoms with Gasteiger partial charge >= 0.3 is 0 Å². The van der Waals surface area contributed by atoms with Crippen molar-refractivity contribution in [1.29, 1.82) is 0 Å². The van der Waals surface area contributed by atoms with Crippen LogP contribution in [-0.2, 0) is 4.79 Å². The molecule has 0 aliphatic carbocycles. The first kappa shape index (κ1) is 47.1. The molecule has 4 nitrogen and oxygen atoms in total. The summed E-state index contributed by atoms with van der Waals surface area (Å²) in [6, 6.07) is -0.534. The van der Waals surface area contributed by atoms with Gasteiger partial charge in [0.2, 0.25) is 5.91 Å². The SMILES string of the molecule is CCCCCCCCCC/C=C\CCCCCCCCCC(=O)NC(CO)C(O)CCCCCCCCCCCCCCCCCCC. The summed E-state index contributed by atoms with van der Waals surface area (Å²) in [6.45, 7) is 4.37. The standard InChI is InChI=1S/C44H87NO3/c1-3-5-7-9-11-13-15-17-19-21-22-24-26-28-30-32-34-36-38-40-44(48)45-42(41-46)43(47)39-37-35-33-31-29-27-25-23-20-18-16-14-12-10-8-6-4-2/h21-22,42-43,46-47H,3-20,23-41H2,1-2H3,(H,45,48)/b22-21-. The van der Waals surface area contributed by atoms with Crippen molar-refractivity contribution in [3.8, 4) is 0 Å². The largest absolute Gasteiger partial charge is 0.394 e. The summed E-state index contributed by atoms with van der Waals surface area (Å²) in [5, 5.41) is 23.2. The van der Waals surface area contributed by atoms with Crippen LogP contribution in [0.5, 0.6) is 0 Å². The molecule has 2 atom stereocenters. The van der Waals surface area contributed by atoms with Crippen LogP contribution in [0.3, 0.4) is 0 Å². The number of aliphatic hydroxyl groups excluding tert-OH is 2. The number of hydrogen-bond donors (Lipinski definition) is 3. The fourth-order valence-electron chi connectivity index (χ4n) is 6.89. The van der Waals surface area contributed by atoms with E-state index >= 15 is 0 Å². The lowest BCUT2D eigenvalue weighted by Crippen LogP contribution is -2.45. The van der Waals surface area contributed by atoms with E-state index in [1.807, 2.05) is 0 Å². The van der Waals surface area contributed by atoms with Crippen molar-refractivity contribution in [2.24, 2.45) is 0 Å². The highest BCUT2D eigenvalue weighted by atomic mass is 16.3. The molecule has 0 aromatic rings. The molecule has 0 fully saturated rings. The minimum atomic E-state index is -0.657. The molecule has 48 heavy (non-hydrogen) atoms. The van der Waals surface area contributed by atoms with Gasteiger partial charge in [-0.05, 0) is 38.5 Å². The summed E-state index contributed by atoms with van der Waals surface area (Å²) in [4.78, 5) is 12.4. The zero-order chi connectivity index (χ0) is 35.0. The van der Waals surface area contributed by atoms with Crippen molar-refractivity contribution < 1.29 is 15.0 Å². The smallest absolute Gasteiger partial charge is 0.220 e. The number of amides is 1. The second-order valence-corrected chi connectivity index (χ2v) is 15.1. The van der Waals surface area contributed by atoms with Crippen molar-refractivity contribution in [1.82, 2.24) is 5.32 Å². The van der Waals surface area contributed by atoms with Gasteiger partial charge in [-0.3, -0.25) is 4.79 Å². The highest BCUT2D eigenvalue weighted by Crippen LogP contribution is 2.16. The quantitative estimate of drug-likeness (QED) is 0.0446. The Bertz CT molecular complexity index is 651. The molecule has 2 unspecified atom stereocenters. The van der Waals surface area contributed by atoms with E-state index in [9.17, 15) is 15.0 Å². The molecule has 0 aliphatic heterocycles. The van der Waals surface area contributed by atoms with E-state index in [1.165, 1.54) is 193 Å². The van der Waals surface area contributed by atoms with Crippen LogP contribution in [0.15, 0.2) is 12.2 Å². The van der Waals surface area contributed by atoms with E-state index in [0.717, 1.165) is 25.7 Å². The van der Waals surface area contributed by atoms with Gasteiger partial charge in [-0.25, -0.2) is 0 Å². The van der Waals surface area contributed by atoms with Crippen molar-refractivity contribution in [2.75, 3.05) is 6.61 Å². The number of nitrogens with one attached hydrogen (secondary N) is 1. The van der Waals surface area contributed by atoms with Gasteiger partial charge in [-0.1, -0.05) is 212 Å². The monoisotopic (exact) mass is 678 g/mol. The van der Waals surface area contributed by atoms with Crippen molar-refractivity contribution in [2.45, 2.75) is 257 Å². The molecule has 0 rings (SSSR count). The Morgan fingerprint density at radius 1 is 0.479 bits per heavy atom. The third-order valence-corrected chi connectivity index (χ3v) is 10.3. The summed E-state index contributed by atoms with van der Waals surface area (Å²) in [5.74, 6) is -0.0331. The molecule has 0 bridgehead atoms. The predicted molar refractivity (Wildman–Crippen MR) is 212 cm³/mol. The molecule has 0 heterocycles. The van der Waals surface area contributed by atoms with Crippen molar-refractivity contribution in [3.63, 3.8) is 0 Å². The molecule has 0 radical (unpaired) electrons. The van der Waals surface area contributed by atoms with Crippen molar-refractivity contribution in [3.05, 3.63) is 12.2 Å². The highest BCUT2D eigenvalue weighted by molar-refractivity contribution is 5.76. The van der Waals surface area contributed by atoms with E-state index in [-0.39, 0.29) is 12.5 Å². The predicted octanol–water partition coefficient (Wildman–Crippen LogP) is 13.5. The summed E-state index contributed by atoms with van der Waals surface area (Å²) in [7, 11) is 0. The minimum absolute atomic E-state index is 0.0331. The van der Waals surface area contributed by atoms with Gasteiger partial charge in [0.25, 0.3) is 0 Å². The number of carbonyl (C=O) groups is 1. The van der Waals surface area contributed by atoms with Crippen LogP contribution < -0.4 is 5.32 Å². The van der Waals surface area contributed by atoms with Crippen LogP contribution in [0, 0.1) is 0 Å². The second kappa shape index (κ2) is 40.6. The maximum atomic E-state index is 12.4. The lowest BCUT2D eigenvalue weighted by molar-refractivity contribution is -0.123. The molecule has 0 saturated heterocycles. The van der Waals surface area contributed by atoms with Crippen LogP contribution in [0.4, 0.5) is 0 Å². The summed E-state index contributed by atoms with van der Waals surface area (Å²) in [6.07, 6.45) is 50.0. The fourth-order valence-corrected chi connectivity index (χ4v) is 6.89. The first-order valence-corrected chi connectivity index (χ1v) is 21.9. The Balaban J connectivity index is 3.50. The molecule has 1 amide bonds. The van der Waals surface area contributed by atoms with Gasteiger partial charge in [-0.15, -0.1) is 0 Å². The van der Waals surface area contributed by atoms with Gasteiger partial charge in [0, 0.05) is 6.42 Å². The summed E-state index contributed by atoms with van der Waals surface area (Å²) >= 11 is 0.